The van der Waals surface area contributed by atoms with Crippen LogP contribution in [-0.2, 0) is 4.74 Å². The van der Waals surface area contributed by atoms with E-state index >= 15 is 0 Å². The summed E-state index contributed by atoms with van der Waals surface area (Å²) in [7, 11) is 2.65. The van der Waals surface area contributed by atoms with Crippen molar-refractivity contribution >= 4 is 22.6 Å². The van der Waals surface area contributed by atoms with Gasteiger partial charge in [-0.1, -0.05) is 0 Å². The number of fused-ring (bicyclic) bond motifs is 1. The Morgan fingerprint density at radius 2 is 2.06 bits per heavy atom. The number of carbonyl (C=O) groups excluding carboxylic acids is 1. The Morgan fingerprint density at radius 1 is 1.33 bits per heavy atom. The molecule has 0 saturated heterocycles. The molecule has 7 nitrogen and oxygen atoms in total. The second kappa shape index (κ2) is 4.36. The average molecular weight is 250 g/mol. The Kier molecular flexibility index (Phi) is 2.88. The predicted octanol–water partition coefficient (Wildman–Crippen LogP) is 1.87. The van der Waals surface area contributed by atoms with Crippen LogP contribution in [0.25, 0.3) is 10.9 Å². The Balaban J connectivity index is 2.70. The van der Waals surface area contributed by atoms with E-state index in [4.69, 9.17) is 4.74 Å². The van der Waals surface area contributed by atoms with Gasteiger partial charge in [-0.15, -0.1) is 0 Å². The van der Waals surface area contributed by atoms with Crippen molar-refractivity contribution in [2.75, 3.05) is 14.2 Å². The third-order valence-electron chi connectivity index (χ3n) is 2.52. The van der Waals surface area contributed by atoms with Gasteiger partial charge in [0.05, 0.1) is 25.2 Å². The molecule has 0 saturated carbocycles. The normalized spacial score (nSPS) is 10.3. The monoisotopic (exact) mass is 250 g/mol. The van der Waals surface area contributed by atoms with Crippen LogP contribution in [0.15, 0.2) is 18.2 Å². The summed E-state index contributed by atoms with van der Waals surface area (Å²) in [5.74, 6) is -0.232. The number of H-pyrrole nitrogens is 1. The van der Waals surface area contributed by atoms with Gasteiger partial charge >= 0.3 is 5.97 Å². The number of hydrogen-bond donors (Lipinski definition) is 1. The van der Waals surface area contributed by atoms with Crippen LogP contribution in [0.3, 0.4) is 0 Å². The van der Waals surface area contributed by atoms with Crippen molar-refractivity contribution in [1.82, 2.24) is 4.98 Å². The van der Waals surface area contributed by atoms with E-state index in [0.717, 1.165) is 0 Å². The van der Waals surface area contributed by atoms with Crippen LogP contribution in [-0.4, -0.2) is 30.1 Å². The van der Waals surface area contributed by atoms with Crippen molar-refractivity contribution in [2.24, 2.45) is 0 Å². The number of nitrogens with zero attached hydrogens (tertiary/aromatic N) is 1. The van der Waals surface area contributed by atoms with Crippen molar-refractivity contribution in [2.45, 2.75) is 0 Å². The lowest BCUT2D eigenvalue weighted by Gasteiger charge is -2.00. The number of esters is 1. The van der Waals surface area contributed by atoms with Crippen molar-refractivity contribution in [3.05, 3.63) is 34.0 Å². The quantitative estimate of drug-likeness (QED) is 0.509. The third-order valence-corrected chi connectivity index (χ3v) is 2.52. The molecule has 0 amide bonds. The van der Waals surface area contributed by atoms with Crippen LogP contribution in [0.1, 0.15) is 10.5 Å². The first-order valence-electron chi connectivity index (χ1n) is 5.00. The van der Waals surface area contributed by atoms with Gasteiger partial charge in [0.1, 0.15) is 17.0 Å². The summed E-state index contributed by atoms with van der Waals surface area (Å²) in [6.45, 7) is 0. The number of nitro groups is 1. The number of aromatic amines is 1. The molecule has 18 heavy (non-hydrogen) atoms. The minimum atomic E-state index is -0.584. The number of rotatable bonds is 3. The van der Waals surface area contributed by atoms with Gasteiger partial charge in [0.15, 0.2) is 0 Å². The molecule has 0 aliphatic carbocycles. The van der Waals surface area contributed by atoms with E-state index in [-0.39, 0.29) is 16.9 Å². The molecule has 0 aliphatic heterocycles. The zero-order chi connectivity index (χ0) is 13.3. The minimum Gasteiger partial charge on any atom is -0.496 e. The Hall–Kier alpha value is -2.57. The van der Waals surface area contributed by atoms with Crippen LogP contribution < -0.4 is 4.74 Å². The lowest BCUT2D eigenvalue weighted by atomic mass is 10.2. The van der Waals surface area contributed by atoms with Gasteiger partial charge < -0.3 is 14.5 Å². The molecule has 7 heteroatoms. The summed E-state index contributed by atoms with van der Waals surface area (Å²) in [5.41, 5.74) is 0.268. The van der Waals surface area contributed by atoms with Crippen molar-refractivity contribution in [3.8, 4) is 5.75 Å². The number of aromatic nitrogens is 1. The Labute approximate surface area is 101 Å². The van der Waals surface area contributed by atoms with Crippen molar-refractivity contribution in [3.63, 3.8) is 0 Å². The molecule has 1 aromatic heterocycles. The second-order valence-electron chi connectivity index (χ2n) is 3.54. The highest BCUT2D eigenvalue weighted by molar-refractivity contribution is 5.98. The first-order chi connectivity index (χ1) is 8.56. The van der Waals surface area contributed by atoms with Gasteiger partial charge in [-0.25, -0.2) is 4.79 Å². The summed E-state index contributed by atoms with van der Waals surface area (Å²) in [6, 6.07) is 4.38. The summed E-state index contributed by atoms with van der Waals surface area (Å²) in [5, 5.41) is 11.5. The van der Waals surface area contributed by atoms with Gasteiger partial charge in [0.25, 0.3) is 5.69 Å². The number of methoxy groups -OCH3 is 2. The summed E-state index contributed by atoms with van der Waals surface area (Å²) < 4.78 is 9.53. The molecule has 0 spiro atoms. The van der Waals surface area contributed by atoms with E-state index in [9.17, 15) is 14.9 Å². The van der Waals surface area contributed by atoms with Crippen molar-refractivity contribution < 1.29 is 19.2 Å². The first kappa shape index (κ1) is 11.9. The highest BCUT2D eigenvalue weighted by Gasteiger charge is 2.19. The molecule has 0 atom stereocenters. The van der Waals surface area contributed by atoms with Crippen LogP contribution in [0.4, 0.5) is 5.69 Å². The highest BCUT2D eigenvalue weighted by atomic mass is 16.6. The number of hydrogen-bond acceptors (Lipinski definition) is 5. The number of benzene rings is 1. The standard InChI is InChI=1S/C11H10N2O5/c1-17-7-3-6-4-8(11(14)18-2)12-10(6)9(5-7)13(15)16/h3-5,12H,1-2H3. The number of nitrogens with one attached hydrogen (secondary N) is 1. The van der Waals surface area contributed by atoms with E-state index in [1.165, 1.54) is 26.4 Å². The average Bonchev–Trinajstić information content (AvgIpc) is 2.79. The fraction of sp³-hybridized carbons (Fsp3) is 0.182. The maximum atomic E-state index is 11.4. The second-order valence-corrected chi connectivity index (χ2v) is 3.54. The fourth-order valence-corrected chi connectivity index (χ4v) is 1.68. The van der Waals surface area contributed by atoms with Crippen molar-refractivity contribution in [1.29, 1.82) is 0 Å². The Bertz CT molecular complexity index is 632. The van der Waals surface area contributed by atoms with E-state index in [1.807, 2.05) is 0 Å². The molecule has 0 aliphatic rings. The van der Waals surface area contributed by atoms with Crippen LogP contribution in [0.5, 0.6) is 5.75 Å². The van der Waals surface area contributed by atoms with Crippen LogP contribution in [0.2, 0.25) is 0 Å². The molecule has 0 unspecified atom stereocenters. The molecule has 1 heterocycles. The molecule has 2 aromatic rings. The third kappa shape index (κ3) is 1.86. The minimum absolute atomic E-state index is 0.153. The van der Waals surface area contributed by atoms with Gasteiger partial charge in [0, 0.05) is 5.39 Å². The van der Waals surface area contributed by atoms with Crippen LogP contribution in [0, 0.1) is 10.1 Å². The zero-order valence-electron chi connectivity index (χ0n) is 9.72. The number of ether oxygens (including phenoxy) is 2. The molecule has 0 fully saturated rings. The number of non-ortho nitro benzene ring substituents is 1. The lowest BCUT2D eigenvalue weighted by molar-refractivity contribution is -0.383. The molecule has 1 N–H and O–H groups in total. The van der Waals surface area contributed by atoms with E-state index < -0.39 is 10.9 Å². The molecule has 94 valence electrons. The SMILES string of the molecule is COC(=O)c1cc2cc(OC)cc([N+](=O)[O-])c2[nH]1. The predicted molar refractivity (Wildman–Crippen MR) is 62.8 cm³/mol. The fourth-order valence-electron chi connectivity index (χ4n) is 1.68. The van der Waals surface area contributed by atoms with Gasteiger partial charge in [0.2, 0.25) is 0 Å². The zero-order valence-corrected chi connectivity index (χ0v) is 9.72. The first-order valence-corrected chi connectivity index (χ1v) is 5.00. The highest BCUT2D eigenvalue weighted by Crippen LogP contribution is 2.31. The molecule has 0 radical (unpaired) electrons. The van der Waals surface area contributed by atoms with E-state index in [0.29, 0.717) is 11.1 Å². The topological polar surface area (TPSA) is 94.5 Å². The van der Waals surface area contributed by atoms with Crippen LogP contribution >= 0.6 is 0 Å². The Morgan fingerprint density at radius 3 is 2.61 bits per heavy atom. The largest absolute Gasteiger partial charge is 0.496 e. The summed E-state index contributed by atoms with van der Waals surface area (Å²) in [4.78, 5) is 24.4. The van der Waals surface area contributed by atoms with E-state index in [1.54, 1.807) is 6.07 Å². The molecular formula is C11H10N2O5. The molecule has 0 bridgehead atoms. The van der Waals surface area contributed by atoms with Gasteiger partial charge in [-0.3, -0.25) is 10.1 Å². The summed E-state index contributed by atoms with van der Waals surface area (Å²) in [6.07, 6.45) is 0. The van der Waals surface area contributed by atoms with E-state index in [2.05, 4.69) is 9.72 Å². The maximum Gasteiger partial charge on any atom is 0.354 e. The van der Waals surface area contributed by atoms with Gasteiger partial charge in [-0.05, 0) is 12.1 Å². The number of carbonyl (C=O) groups is 1. The van der Waals surface area contributed by atoms with Gasteiger partial charge in [-0.2, -0.15) is 0 Å². The molecule has 1 aromatic carbocycles. The number of nitro benzene ring substituents is 1. The lowest BCUT2D eigenvalue weighted by Crippen LogP contribution is -2.00. The maximum absolute atomic E-state index is 11.4. The smallest absolute Gasteiger partial charge is 0.354 e. The summed E-state index contributed by atoms with van der Waals surface area (Å²) >= 11 is 0. The molecule has 2 rings (SSSR count). The molecular weight excluding hydrogens is 240 g/mol.